The lowest BCUT2D eigenvalue weighted by atomic mass is 10.1. The zero-order chi connectivity index (χ0) is 7.68. The molecule has 2 rings (SSSR count). The van der Waals surface area contributed by atoms with Crippen LogP contribution >= 0.6 is 11.9 Å². The minimum atomic E-state index is 0.752. The van der Waals surface area contributed by atoms with Gasteiger partial charge in [0.25, 0.3) is 0 Å². The molecule has 2 saturated heterocycles. The van der Waals surface area contributed by atoms with Gasteiger partial charge in [0, 0.05) is 24.9 Å². The van der Waals surface area contributed by atoms with Crippen molar-refractivity contribution in [3.8, 4) is 0 Å². The van der Waals surface area contributed by atoms with Crippen LogP contribution in [0.4, 0.5) is 0 Å². The van der Waals surface area contributed by atoms with E-state index in [2.05, 4.69) is 11.2 Å². The van der Waals surface area contributed by atoms with Gasteiger partial charge < -0.3 is 4.74 Å². The van der Waals surface area contributed by atoms with Crippen molar-refractivity contribution in [1.82, 2.24) is 4.31 Å². The third-order valence-electron chi connectivity index (χ3n) is 2.22. The molecule has 2 aliphatic heterocycles. The van der Waals surface area contributed by atoms with Crippen molar-refractivity contribution >= 4 is 11.9 Å². The molecule has 1 unspecified atom stereocenters. The molecule has 0 aliphatic carbocycles. The van der Waals surface area contributed by atoms with E-state index in [4.69, 9.17) is 4.74 Å². The highest BCUT2D eigenvalue weighted by atomic mass is 32.2. The van der Waals surface area contributed by atoms with Gasteiger partial charge in [-0.2, -0.15) is 0 Å². The number of ether oxygens (including phenoxy) is 1. The first-order valence-electron chi connectivity index (χ1n) is 4.34. The lowest BCUT2D eigenvalue weighted by Crippen LogP contribution is -2.41. The van der Waals surface area contributed by atoms with Crippen LogP contribution < -0.4 is 0 Å². The smallest absolute Gasteiger partial charge is 0.0598 e. The van der Waals surface area contributed by atoms with Gasteiger partial charge >= 0.3 is 0 Å². The first-order chi connectivity index (χ1) is 5.34. The minimum Gasteiger partial charge on any atom is -0.380 e. The Morgan fingerprint density at radius 2 is 2.27 bits per heavy atom. The highest BCUT2D eigenvalue weighted by Crippen LogP contribution is 2.30. The molecule has 2 heterocycles. The van der Waals surface area contributed by atoms with Crippen molar-refractivity contribution in [2.45, 2.75) is 18.6 Å². The molecule has 0 radical (unpaired) electrons. The van der Waals surface area contributed by atoms with Gasteiger partial charge in [-0.15, -0.1) is 0 Å². The molecule has 0 aromatic rings. The summed E-state index contributed by atoms with van der Waals surface area (Å²) in [5, 5.41) is 0.752. The molecule has 0 spiro atoms. The van der Waals surface area contributed by atoms with Crippen molar-refractivity contribution in [1.29, 1.82) is 0 Å². The van der Waals surface area contributed by atoms with Crippen LogP contribution in [0.3, 0.4) is 0 Å². The van der Waals surface area contributed by atoms with E-state index >= 15 is 0 Å². The zero-order valence-electron chi connectivity index (χ0n) is 6.95. The van der Waals surface area contributed by atoms with Gasteiger partial charge in [-0.1, -0.05) is 18.9 Å². The molecule has 0 aromatic carbocycles. The van der Waals surface area contributed by atoms with Crippen LogP contribution in [0.5, 0.6) is 0 Å². The summed E-state index contributed by atoms with van der Waals surface area (Å²) in [6.07, 6.45) is 1.25. The number of rotatable bonds is 2. The van der Waals surface area contributed by atoms with E-state index < -0.39 is 0 Å². The molecule has 2 aliphatic rings. The summed E-state index contributed by atoms with van der Waals surface area (Å²) >= 11 is 2.01. The second-order valence-electron chi connectivity index (χ2n) is 3.54. The predicted molar refractivity (Wildman–Crippen MR) is 47.6 cm³/mol. The maximum Gasteiger partial charge on any atom is 0.0598 e. The quantitative estimate of drug-likeness (QED) is 0.585. The van der Waals surface area contributed by atoms with E-state index in [1.54, 1.807) is 0 Å². The number of hydrogen-bond donors (Lipinski definition) is 0. The first kappa shape index (κ1) is 7.90. The van der Waals surface area contributed by atoms with Crippen LogP contribution in [0.2, 0.25) is 0 Å². The standard InChI is InChI=1S/C8H15NOS/c1-7-4-9(5-7)11-8-2-3-10-6-8/h7-8H,2-6H2,1H3. The Balaban J connectivity index is 1.66. The Morgan fingerprint density at radius 3 is 2.82 bits per heavy atom. The maximum absolute atomic E-state index is 5.31. The van der Waals surface area contributed by atoms with Gasteiger partial charge in [-0.25, -0.2) is 4.31 Å². The summed E-state index contributed by atoms with van der Waals surface area (Å²) in [6.45, 7) is 6.81. The van der Waals surface area contributed by atoms with E-state index in [0.717, 1.165) is 24.4 Å². The van der Waals surface area contributed by atoms with Crippen LogP contribution in [0, 0.1) is 5.92 Å². The average Bonchev–Trinajstić information content (AvgIpc) is 2.36. The molecule has 64 valence electrons. The van der Waals surface area contributed by atoms with E-state index in [0.29, 0.717) is 0 Å². The molecular formula is C8H15NOS. The summed E-state index contributed by atoms with van der Waals surface area (Å²) in [6, 6.07) is 0. The maximum atomic E-state index is 5.31. The van der Waals surface area contributed by atoms with Crippen LogP contribution in [0.15, 0.2) is 0 Å². The van der Waals surface area contributed by atoms with E-state index in [-0.39, 0.29) is 0 Å². The van der Waals surface area contributed by atoms with Gasteiger partial charge in [0.05, 0.1) is 6.61 Å². The lowest BCUT2D eigenvalue weighted by Gasteiger charge is -2.37. The summed E-state index contributed by atoms with van der Waals surface area (Å²) in [4.78, 5) is 0. The summed E-state index contributed by atoms with van der Waals surface area (Å²) < 4.78 is 7.77. The van der Waals surface area contributed by atoms with Gasteiger partial charge in [0.15, 0.2) is 0 Å². The van der Waals surface area contributed by atoms with Crippen molar-refractivity contribution < 1.29 is 4.74 Å². The van der Waals surface area contributed by atoms with Gasteiger partial charge in [0.1, 0.15) is 0 Å². The fourth-order valence-electron chi connectivity index (χ4n) is 1.53. The van der Waals surface area contributed by atoms with Crippen LogP contribution in [0.25, 0.3) is 0 Å². The third-order valence-corrected chi connectivity index (χ3v) is 3.48. The fraction of sp³-hybridized carbons (Fsp3) is 1.00. The molecule has 0 aromatic heterocycles. The summed E-state index contributed by atoms with van der Waals surface area (Å²) in [7, 11) is 0. The molecule has 0 N–H and O–H groups in total. The number of nitrogens with zero attached hydrogens (tertiary/aromatic N) is 1. The molecule has 11 heavy (non-hydrogen) atoms. The monoisotopic (exact) mass is 173 g/mol. The van der Waals surface area contributed by atoms with Crippen molar-refractivity contribution in [3.05, 3.63) is 0 Å². The zero-order valence-corrected chi connectivity index (χ0v) is 7.77. The Kier molecular flexibility index (Phi) is 2.39. The van der Waals surface area contributed by atoms with Crippen molar-refractivity contribution in [2.75, 3.05) is 26.3 Å². The first-order valence-corrected chi connectivity index (χ1v) is 5.17. The van der Waals surface area contributed by atoms with Crippen LogP contribution in [0.1, 0.15) is 13.3 Å². The van der Waals surface area contributed by atoms with Crippen molar-refractivity contribution in [2.24, 2.45) is 5.92 Å². The predicted octanol–water partition coefficient (Wildman–Crippen LogP) is 1.38. The minimum absolute atomic E-state index is 0.752. The van der Waals surface area contributed by atoms with Crippen LogP contribution in [-0.2, 0) is 4.74 Å². The molecule has 0 bridgehead atoms. The summed E-state index contributed by atoms with van der Waals surface area (Å²) in [5.41, 5.74) is 0. The molecule has 1 atom stereocenters. The van der Waals surface area contributed by atoms with Gasteiger partial charge in [0.2, 0.25) is 0 Å². The van der Waals surface area contributed by atoms with E-state index in [1.807, 2.05) is 11.9 Å². The van der Waals surface area contributed by atoms with Gasteiger partial charge in [-0.3, -0.25) is 0 Å². The van der Waals surface area contributed by atoms with Gasteiger partial charge in [-0.05, 0) is 12.3 Å². The molecule has 0 saturated carbocycles. The topological polar surface area (TPSA) is 12.5 Å². The third kappa shape index (κ3) is 1.89. The Labute approximate surface area is 72.4 Å². The molecule has 2 nitrogen and oxygen atoms in total. The fourth-order valence-corrected chi connectivity index (χ4v) is 3.00. The molecular weight excluding hydrogens is 158 g/mol. The van der Waals surface area contributed by atoms with Crippen molar-refractivity contribution in [3.63, 3.8) is 0 Å². The van der Waals surface area contributed by atoms with E-state index in [9.17, 15) is 0 Å². The molecule has 2 fully saturated rings. The highest BCUT2D eigenvalue weighted by molar-refractivity contribution is 7.97. The highest BCUT2D eigenvalue weighted by Gasteiger charge is 2.27. The molecule has 0 amide bonds. The Hall–Kier alpha value is 0.270. The SMILES string of the molecule is CC1CN(SC2CCOC2)C1. The molecule has 3 heteroatoms. The van der Waals surface area contributed by atoms with Crippen LogP contribution in [-0.4, -0.2) is 35.9 Å². The lowest BCUT2D eigenvalue weighted by molar-refractivity contribution is 0.197. The largest absolute Gasteiger partial charge is 0.380 e. The number of hydrogen-bond acceptors (Lipinski definition) is 3. The second-order valence-corrected chi connectivity index (χ2v) is 4.94. The average molecular weight is 173 g/mol. The normalized spacial score (nSPS) is 34.1. The van der Waals surface area contributed by atoms with E-state index in [1.165, 1.54) is 19.5 Å². The second kappa shape index (κ2) is 3.33. The summed E-state index contributed by atoms with van der Waals surface area (Å²) in [5.74, 6) is 0.921. The Morgan fingerprint density at radius 1 is 1.45 bits per heavy atom. The Bertz CT molecular complexity index is 130.